The highest BCUT2D eigenvalue weighted by Crippen LogP contribution is 2.20. The quantitative estimate of drug-likeness (QED) is 0.551. The van der Waals surface area contributed by atoms with Crippen LogP contribution in [-0.4, -0.2) is 22.3 Å². The largest absolute Gasteiger partial charge is 0.465 e. The molecule has 1 aromatic carbocycles. The SMILES string of the molecule is Cc1ccc(-c2cc(C(=O)NN=C/C=C/c3ccco3)[nH]n2)cc1C. The summed E-state index contributed by atoms with van der Waals surface area (Å²) in [6.07, 6.45) is 6.47. The number of aromatic amines is 1. The molecule has 0 bridgehead atoms. The summed E-state index contributed by atoms with van der Waals surface area (Å²) in [6, 6.07) is 11.4. The van der Waals surface area contributed by atoms with E-state index in [0.29, 0.717) is 11.5 Å². The Kier molecular flexibility index (Phi) is 4.89. The fraction of sp³-hybridized carbons (Fsp3) is 0.105. The lowest BCUT2D eigenvalue weighted by Crippen LogP contribution is -2.17. The third-order valence-corrected chi connectivity index (χ3v) is 3.76. The molecule has 0 aliphatic heterocycles. The number of hydrogen-bond donors (Lipinski definition) is 2. The number of carbonyl (C=O) groups excluding carboxylic acids is 1. The highest BCUT2D eigenvalue weighted by molar-refractivity contribution is 5.93. The number of benzene rings is 1. The molecule has 0 aliphatic rings. The number of aromatic nitrogens is 2. The predicted molar refractivity (Wildman–Crippen MR) is 97.2 cm³/mol. The number of hydrogen-bond acceptors (Lipinski definition) is 4. The van der Waals surface area contributed by atoms with E-state index in [1.807, 2.05) is 31.2 Å². The predicted octanol–water partition coefficient (Wildman–Crippen LogP) is 3.72. The van der Waals surface area contributed by atoms with Crippen molar-refractivity contribution in [1.82, 2.24) is 15.6 Å². The van der Waals surface area contributed by atoms with Crippen molar-refractivity contribution in [2.24, 2.45) is 5.10 Å². The number of amides is 1. The zero-order chi connectivity index (χ0) is 17.6. The second-order valence-corrected chi connectivity index (χ2v) is 5.56. The smallest absolute Gasteiger partial charge is 0.289 e. The number of hydrazone groups is 1. The maximum Gasteiger partial charge on any atom is 0.289 e. The molecule has 6 heteroatoms. The molecule has 0 fully saturated rings. The van der Waals surface area contributed by atoms with Gasteiger partial charge in [-0.3, -0.25) is 9.89 Å². The van der Waals surface area contributed by atoms with E-state index in [2.05, 4.69) is 27.6 Å². The van der Waals surface area contributed by atoms with Crippen LogP contribution in [0, 0.1) is 13.8 Å². The van der Waals surface area contributed by atoms with Gasteiger partial charge in [0.15, 0.2) is 0 Å². The van der Waals surface area contributed by atoms with Gasteiger partial charge in [0, 0.05) is 11.8 Å². The van der Waals surface area contributed by atoms with Crippen molar-refractivity contribution in [3.8, 4) is 11.3 Å². The Hall–Kier alpha value is -3.41. The summed E-state index contributed by atoms with van der Waals surface area (Å²) in [5.41, 5.74) is 6.87. The number of nitrogens with zero attached hydrogens (tertiary/aromatic N) is 2. The molecule has 3 rings (SSSR count). The van der Waals surface area contributed by atoms with Crippen molar-refractivity contribution >= 4 is 18.2 Å². The molecule has 0 atom stereocenters. The minimum atomic E-state index is -0.356. The van der Waals surface area contributed by atoms with E-state index in [1.54, 1.807) is 30.5 Å². The van der Waals surface area contributed by atoms with Crippen LogP contribution in [0.1, 0.15) is 27.4 Å². The minimum Gasteiger partial charge on any atom is -0.465 e. The first-order valence-electron chi connectivity index (χ1n) is 7.80. The Balaban J connectivity index is 1.61. The van der Waals surface area contributed by atoms with Gasteiger partial charge in [0.05, 0.1) is 12.0 Å². The second-order valence-electron chi connectivity index (χ2n) is 5.56. The first-order chi connectivity index (χ1) is 12.1. The number of allylic oxidation sites excluding steroid dienone is 1. The number of H-pyrrole nitrogens is 1. The molecule has 126 valence electrons. The van der Waals surface area contributed by atoms with Crippen LogP contribution >= 0.6 is 0 Å². The molecule has 6 nitrogen and oxygen atoms in total. The van der Waals surface area contributed by atoms with Gasteiger partial charge in [0.1, 0.15) is 11.5 Å². The minimum absolute atomic E-state index is 0.348. The number of nitrogens with one attached hydrogen (secondary N) is 2. The highest BCUT2D eigenvalue weighted by Gasteiger charge is 2.10. The van der Waals surface area contributed by atoms with Gasteiger partial charge in [-0.15, -0.1) is 0 Å². The van der Waals surface area contributed by atoms with E-state index in [4.69, 9.17) is 4.42 Å². The molecule has 25 heavy (non-hydrogen) atoms. The fourth-order valence-corrected chi connectivity index (χ4v) is 2.21. The van der Waals surface area contributed by atoms with Crippen LogP contribution in [0.3, 0.4) is 0 Å². The van der Waals surface area contributed by atoms with Gasteiger partial charge < -0.3 is 4.42 Å². The molecule has 0 unspecified atom stereocenters. The van der Waals surface area contributed by atoms with Crippen LogP contribution in [0.2, 0.25) is 0 Å². The van der Waals surface area contributed by atoms with Gasteiger partial charge in [-0.2, -0.15) is 10.2 Å². The second kappa shape index (κ2) is 7.44. The zero-order valence-corrected chi connectivity index (χ0v) is 14.0. The van der Waals surface area contributed by atoms with Crippen molar-refractivity contribution in [3.05, 3.63) is 71.3 Å². The summed E-state index contributed by atoms with van der Waals surface area (Å²) in [5.74, 6) is 0.356. The van der Waals surface area contributed by atoms with E-state index in [-0.39, 0.29) is 5.91 Å². The molecule has 0 aliphatic carbocycles. The fourth-order valence-electron chi connectivity index (χ4n) is 2.21. The van der Waals surface area contributed by atoms with E-state index >= 15 is 0 Å². The molecule has 0 saturated carbocycles. The Morgan fingerprint density at radius 2 is 2.12 bits per heavy atom. The first-order valence-corrected chi connectivity index (χ1v) is 7.80. The van der Waals surface area contributed by atoms with Crippen molar-refractivity contribution in [1.29, 1.82) is 0 Å². The lowest BCUT2D eigenvalue weighted by atomic mass is 10.0. The molecule has 2 aromatic heterocycles. The zero-order valence-electron chi connectivity index (χ0n) is 14.0. The van der Waals surface area contributed by atoms with Gasteiger partial charge in [-0.05, 0) is 61.4 Å². The standard InChI is InChI=1S/C19H18N4O2/c1-13-7-8-15(11-14(13)2)17-12-18(22-21-17)19(24)23-20-9-3-5-16-6-4-10-25-16/h3-12H,1-2H3,(H,21,22)(H,23,24)/b5-3+,20-9?. The summed E-state index contributed by atoms with van der Waals surface area (Å²) in [4.78, 5) is 12.1. The lowest BCUT2D eigenvalue weighted by Gasteiger charge is -2.01. The normalized spacial score (nSPS) is 11.4. The average Bonchev–Trinajstić information content (AvgIpc) is 3.28. The molecular weight excluding hydrogens is 316 g/mol. The van der Waals surface area contributed by atoms with Crippen molar-refractivity contribution < 1.29 is 9.21 Å². The molecule has 2 heterocycles. The van der Waals surface area contributed by atoms with Crippen LogP contribution in [-0.2, 0) is 0 Å². The van der Waals surface area contributed by atoms with Gasteiger partial charge >= 0.3 is 0 Å². The van der Waals surface area contributed by atoms with Gasteiger partial charge in [0.25, 0.3) is 5.91 Å². The number of aryl methyl sites for hydroxylation is 2. The summed E-state index contributed by atoms with van der Waals surface area (Å²) < 4.78 is 5.14. The number of carbonyl (C=O) groups is 1. The molecule has 1 amide bonds. The van der Waals surface area contributed by atoms with E-state index in [9.17, 15) is 4.79 Å². The Morgan fingerprint density at radius 3 is 2.88 bits per heavy atom. The summed E-state index contributed by atoms with van der Waals surface area (Å²) in [7, 11) is 0. The third kappa shape index (κ3) is 4.11. The van der Waals surface area contributed by atoms with E-state index in [0.717, 1.165) is 11.3 Å². The molecule has 0 saturated heterocycles. The van der Waals surface area contributed by atoms with Crippen LogP contribution in [0.4, 0.5) is 0 Å². The van der Waals surface area contributed by atoms with Gasteiger partial charge in [-0.1, -0.05) is 12.1 Å². The number of furan rings is 1. The summed E-state index contributed by atoms with van der Waals surface area (Å²) >= 11 is 0. The van der Waals surface area contributed by atoms with Crippen LogP contribution in [0.15, 0.2) is 58.3 Å². The maximum absolute atomic E-state index is 12.1. The van der Waals surface area contributed by atoms with Crippen molar-refractivity contribution in [2.45, 2.75) is 13.8 Å². The average molecular weight is 334 g/mol. The van der Waals surface area contributed by atoms with Crippen LogP contribution < -0.4 is 5.43 Å². The lowest BCUT2D eigenvalue weighted by molar-refractivity contribution is 0.0950. The Morgan fingerprint density at radius 1 is 1.24 bits per heavy atom. The monoisotopic (exact) mass is 334 g/mol. The molecule has 0 radical (unpaired) electrons. The Bertz CT molecular complexity index is 921. The highest BCUT2D eigenvalue weighted by atomic mass is 16.3. The topological polar surface area (TPSA) is 83.3 Å². The van der Waals surface area contributed by atoms with Crippen molar-refractivity contribution in [3.63, 3.8) is 0 Å². The summed E-state index contributed by atoms with van der Waals surface area (Å²) in [5, 5.41) is 10.8. The van der Waals surface area contributed by atoms with Gasteiger partial charge in [-0.25, -0.2) is 5.43 Å². The van der Waals surface area contributed by atoms with Crippen LogP contribution in [0.5, 0.6) is 0 Å². The third-order valence-electron chi connectivity index (χ3n) is 3.76. The molecule has 3 aromatic rings. The summed E-state index contributed by atoms with van der Waals surface area (Å²) in [6.45, 7) is 4.10. The van der Waals surface area contributed by atoms with E-state index in [1.165, 1.54) is 17.3 Å². The van der Waals surface area contributed by atoms with Crippen molar-refractivity contribution in [2.75, 3.05) is 0 Å². The maximum atomic E-state index is 12.1. The van der Waals surface area contributed by atoms with E-state index < -0.39 is 0 Å². The number of rotatable bonds is 5. The molecule has 2 N–H and O–H groups in total. The molecule has 0 spiro atoms. The molecular formula is C19H18N4O2. The van der Waals surface area contributed by atoms with Crippen LogP contribution in [0.25, 0.3) is 17.3 Å². The Labute approximate surface area is 145 Å². The van der Waals surface area contributed by atoms with Gasteiger partial charge in [0.2, 0.25) is 0 Å². The first kappa shape index (κ1) is 16.4.